The van der Waals surface area contributed by atoms with Crippen molar-refractivity contribution in [1.29, 1.82) is 5.26 Å². The molecule has 3 heterocycles. The molecule has 4 rings (SSSR count). The molecule has 8 nitrogen and oxygen atoms in total. The highest BCUT2D eigenvalue weighted by Gasteiger charge is 2.28. The molecule has 0 N–H and O–H groups in total. The lowest BCUT2D eigenvalue weighted by Crippen LogP contribution is -2.45. The van der Waals surface area contributed by atoms with E-state index < -0.39 is 0 Å². The van der Waals surface area contributed by atoms with E-state index in [1.54, 1.807) is 19.2 Å². The van der Waals surface area contributed by atoms with Crippen molar-refractivity contribution < 1.29 is 23.0 Å². The van der Waals surface area contributed by atoms with E-state index in [0.717, 1.165) is 5.75 Å². The topological polar surface area (TPSA) is 93.9 Å². The minimum absolute atomic E-state index is 0.0409. The zero-order valence-electron chi connectivity index (χ0n) is 17.1. The molecule has 1 saturated heterocycles. The van der Waals surface area contributed by atoms with Crippen molar-refractivity contribution >= 4 is 5.88 Å². The van der Waals surface area contributed by atoms with E-state index in [0.29, 0.717) is 36.2 Å². The summed E-state index contributed by atoms with van der Waals surface area (Å²) in [6.07, 6.45) is 0.0818. The monoisotopic (exact) mass is 409 g/mol. The van der Waals surface area contributed by atoms with Crippen LogP contribution in [0, 0.1) is 11.3 Å². The van der Waals surface area contributed by atoms with Crippen LogP contribution in [0.5, 0.6) is 11.5 Å². The van der Waals surface area contributed by atoms with E-state index in [-0.39, 0.29) is 30.4 Å². The van der Waals surface area contributed by atoms with E-state index in [2.05, 4.69) is 11.1 Å². The summed E-state index contributed by atoms with van der Waals surface area (Å²) in [6, 6.07) is 13.0. The van der Waals surface area contributed by atoms with Gasteiger partial charge in [0.05, 0.1) is 19.3 Å². The molecule has 1 fully saturated rings. The van der Waals surface area contributed by atoms with Crippen molar-refractivity contribution in [2.45, 2.75) is 32.7 Å². The summed E-state index contributed by atoms with van der Waals surface area (Å²) in [6.45, 7) is 5.50. The van der Waals surface area contributed by atoms with Gasteiger partial charge in [0.1, 0.15) is 29.9 Å². The van der Waals surface area contributed by atoms with Crippen molar-refractivity contribution in [2.75, 3.05) is 25.1 Å². The van der Waals surface area contributed by atoms with E-state index >= 15 is 0 Å². The number of benzene rings is 1. The normalized spacial score (nSPS) is 18.8. The average Bonchev–Trinajstić information content (AvgIpc) is 3.39. The number of anilines is 1. The molecule has 0 bridgehead atoms. The number of ether oxygens (including phenoxy) is 3. The first-order valence-corrected chi connectivity index (χ1v) is 9.73. The Labute approximate surface area is 174 Å². The molecule has 2 aromatic heterocycles. The minimum Gasteiger partial charge on any atom is -0.497 e. The van der Waals surface area contributed by atoms with Crippen LogP contribution in [-0.2, 0) is 11.3 Å². The van der Waals surface area contributed by atoms with Gasteiger partial charge < -0.3 is 27.9 Å². The lowest BCUT2D eigenvalue weighted by atomic mass is 10.2. The highest BCUT2D eigenvalue weighted by molar-refractivity contribution is 5.56. The second-order valence-corrected chi connectivity index (χ2v) is 7.18. The molecule has 30 heavy (non-hydrogen) atoms. The fourth-order valence-electron chi connectivity index (χ4n) is 3.45. The number of morpholine rings is 1. The molecule has 8 heteroatoms. The number of furan rings is 1. The maximum Gasteiger partial charge on any atom is 0.266 e. The van der Waals surface area contributed by atoms with Crippen LogP contribution < -0.4 is 14.4 Å². The van der Waals surface area contributed by atoms with E-state index in [9.17, 15) is 5.26 Å². The summed E-state index contributed by atoms with van der Waals surface area (Å²) in [4.78, 5) is 6.31. The summed E-state index contributed by atoms with van der Waals surface area (Å²) in [5.74, 6) is 3.24. The number of nitrogens with zero attached hydrogens (tertiary/aromatic N) is 3. The van der Waals surface area contributed by atoms with Crippen LogP contribution in [0.4, 0.5) is 5.88 Å². The molecule has 0 spiro atoms. The highest BCUT2D eigenvalue weighted by atomic mass is 16.5. The molecular weight excluding hydrogens is 386 g/mol. The first-order chi connectivity index (χ1) is 14.6. The molecule has 1 aromatic carbocycles. The van der Waals surface area contributed by atoms with Crippen molar-refractivity contribution in [2.24, 2.45) is 0 Å². The van der Waals surface area contributed by atoms with Crippen LogP contribution in [0.3, 0.4) is 0 Å². The summed E-state index contributed by atoms with van der Waals surface area (Å²) in [7, 11) is 1.62. The van der Waals surface area contributed by atoms with Gasteiger partial charge in [-0.3, -0.25) is 0 Å². The fourth-order valence-corrected chi connectivity index (χ4v) is 3.45. The molecule has 0 radical (unpaired) electrons. The number of hydrogen-bond acceptors (Lipinski definition) is 8. The molecule has 0 saturated carbocycles. The van der Waals surface area contributed by atoms with Crippen molar-refractivity contribution in [3.05, 3.63) is 47.9 Å². The maximum absolute atomic E-state index is 9.50. The summed E-state index contributed by atoms with van der Waals surface area (Å²) >= 11 is 0. The van der Waals surface area contributed by atoms with E-state index in [1.165, 1.54) is 0 Å². The standard InChI is InChI=1S/C22H23N3O5/c1-14-11-25(12-15(2)28-14)22-19(10-23)24-21(30-22)20-9-8-18(29-20)13-27-17-6-4-16(26-3)5-7-17/h4-9,14-15H,11-13H2,1-3H3/t14-,15-/m0/s1. The third-order valence-corrected chi connectivity index (χ3v) is 4.73. The number of aromatic nitrogens is 1. The highest BCUT2D eigenvalue weighted by Crippen LogP contribution is 2.31. The Morgan fingerprint density at radius 1 is 1.07 bits per heavy atom. The van der Waals surface area contributed by atoms with Crippen LogP contribution in [0.25, 0.3) is 11.7 Å². The molecule has 0 unspecified atom stereocenters. The Morgan fingerprint density at radius 2 is 1.77 bits per heavy atom. The quantitative estimate of drug-likeness (QED) is 0.603. The summed E-state index contributed by atoms with van der Waals surface area (Å²) in [5.41, 5.74) is 0.235. The lowest BCUT2D eigenvalue weighted by Gasteiger charge is -2.34. The predicted octanol–water partition coefficient (Wildman–Crippen LogP) is 4.01. The van der Waals surface area contributed by atoms with E-state index in [1.807, 2.05) is 43.0 Å². The first-order valence-electron chi connectivity index (χ1n) is 9.73. The number of hydrogen-bond donors (Lipinski definition) is 0. The van der Waals surface area contributed by atoms with Crippen molar-refractivity contribution in [3.63, 3.8) is 0 Å². The van der Waals surface area contributed by atoms with Gasteiger partial charge >= 0.3 is 0 Å². The molecule has 3 aromatic rings. The van der Waals surface area contributed by atoms with Crippen LogP contribution >= 0.6 is 0 Å². The molecule has 1 aliphatic rings. The number of nitriles is 1. The second kappa shape index (κ2) is 8.51. The fraction of sp³-hybridized carbons (Fsp3) is 0.364. The van der Waals surface area contributed by atoms with Gasteiger partial charge in [0.15, 0.2) is 5.76 Å². The maximum atomic E-state index is 9.50. The van der Waals surface area contributed by atoms with E-state index in [4.69, 9.17) is 23.0 Å². The third kappa shape index (κ3) is 4.26. The average molecular weight is 409 g/mol. The molecule has 0 amide bonds. The molecule has 156 valence electrons. The zero-order chi connectivity index (χ0) is 21.1. The minimum atomic E-state index is 0.0409. The van der Waals surface area contributed by atoms with Gasteiger partial charge in [-0.05, 0) is 50.2 Å². The van der Waals surface area contributed by atoms with Gasteiger partial charge in [-0.2, -0.15) is 10.2 Å². The molecule has 2 atom stereocenters. The Kier molecular flexibility index (Phi) is 5.63. The SMILES string of the molecule is COc1ccc(OCc2ccc(-c3nc(C#N)c(N4C[C@H](C)O[C@@H](C)C4)o3)o2)cc1. The van der Waals surface area contributed by atoms with Gasteiger partial charge in [0.25, 0.3) is 5.89 Å². The Bertz CT molecular complexity index is 1020. The van der Waals surface area contributed by atoms with Crippen LogP contribution in [-0.4, -0.2) is 37.4 Å². The Hall–Kier alpha value is -3.44. The van der Waals surface area contributed by atoms with Gasteiger partial charge in [0.2, 0.25) is 11.6 Å². The lowest BCUT2D eigenvalue weighted by molar-refractivity contribution is -0.00639. The third-order valence-electron chi connectivity index (χ3n) is 4.73. The van der Waals surface area contributed by atoms with Crippen LogP contribution in [0.2, 0.25) is 0 Å². The Balaban J connectivity index is 1.47. The van der Waals surface area contributed by atoms with Crippen molar-refractivity contribution in [1.82, 2.24) is 4.98 Å². The smallest absolute Gasteiger partial charge is 0.266 e. The summed E-state index contributed by atoms with van der Waals surface area (Å²) in [5, 5.41) is 9.50. The largest absolute Gasteiger partial charge is 0.497 e. The molecular formula is C22H23N3O5. The predicted molar refractivity (Wildman–Crippen MR) is 108 cm³/mol. The van der Waals surface area contributed by atoms with Gasteiger partial charge in [-0.1, -0.05) is 0 Å². The zero-order valence-corrected chi connectivity index (χ0v) is 17.1. The second-order valence-electron chi connectivity index (χ2n) is 7.18. The van der Waals surface area contributed by atoms with Crippen LogP contribution in [0.1, 0.15) is 25.3 Å². The summed E-state index contributed by atoms with van der Waals surface area (Å²) < 4.78 is 28.4. The van der Waals surface area contributed by atoms with Crippen molar-refractivity contribution in [3.8, 4) is 29.2 Å². The van der Waals surface area contributed by atoms with Crippen LogP contribution in [0.15, 0.2) is 45.2 Å². The number of methoxy groups -OCH3 is 1. The van der Waals surface area contributed by atoms with Gasteiger partial charge in [-0.15, -0.1) is 0 Å². The molecule has 1 aliphatic heterocycles. The Morgan fingerprint density at radius 3 is 2.43 bits per heavy atom. The molecule has 0 aliphatic carbocycles. The van der Waals surface area contributed by atoms with Gasteiger partial charge in [-0.25, -0.2) is 0 Å². The van der Waals surface area contributed by atoms with Gasteiger partial charge in [0, 0.05) is 13.1 Å². The number of oxazole rings is 1. The number of rotatable bonds is 6. The first kappa shape index (κ1) is 19.9.